The van der Waals surface area contributed by atoms with Crippen molar-refractivity contribution < 1.29 is 179 Å². The maximum absolute atomic E-state index is 12.7. The average Bonchev–Trinajstić information content (AvgIpc) is 1.54. The average molecular weight is 1240 g/mol. The second-order valence-corrected chi connectivity index (χ2v) is 20.8. The van der Waals surface area contributed by atoms with Gasteiger partial charge < -0.3 is 180 Å². The van der Waals surface area contributed by atoms with Crippen LogP contribution in [0.2, 0.25) is 0 Å². The van der Waals surface area contributed by atoms with Crippen LogP contribution in [0.4, 0.5) is 0 Å². The fourth-order valence-corrected chi connectivity index (χ4v) is 10.3. The molecule has 0 aromatic heterocycles. The second-order valence-electron chi connectivity index (χ2n) is 20.8. The van der Waals surface area contributed by atoms with Crippen molar-refractivity contribution in [1.82, 2.24) is 10.6 Å². The van der Waals surface area contributed by atoms with E-state index in [1.54, 1.807) is 0 Å². The van der Waals surface area contributed by atoms with Crippen LogP contribution < -0.4 is 10.6 Å². The fraction of sp³-hybridized carbons (Fsp3) is 0.957. The van der Waals surface area contributed by atoms with Crippen molar-refractivity contribution in [3.63, 3.8) is 0 Å². The molecule has 6 rings (SSSR count). The van der Waals surface area contributed by atoms with Crippen LogP contribution >= 0.6 is 0 Å². The normalized spacial score (nSPS) is 46.4. The van der Waals surface area contributed by atoms with Gasteiger partial charge in [0.25, 0.3) is 0 Å². The number of nitrogens with one attached hydrogen (secondary N) is 2. The van der Waals surface area contributed by atoms with Gasteiger partial charge in [-0.3, -0.25) is 9.59 Å². The van der Waals surface area contributed by atoms with Gasteiger partial charge in [0.05, 0.1) is 58.9 Å². The zero-order chi connectivity index (χ0) is 62.3. The largest absolute Gasteiger partial charge is 0.394 e. The topological polar surface area (TPSA) is 614 Å². The summed E-state index contributed by atoms with van der Waals surface area (Å²) in [4.78, 5) is 24.5. The van der Waals surface area contributed by atoms with Crippen molar-refractivity contribution in [3.8, 4) is 0 Å². The third-order valence-corrected chi connectivity index (χ3v) is 15.0. The van der Waals surface area contributed by atoms with Gasteiger partial charge in [0.2, 0.25) is 11.8 Å². The molecule has 6 fully saturated rings. The van der Waals surface area contributed by atoms with Crippen LogP contribution in [0.15, 0.2) is 0 Å². The lowest BCUT2D eigenvalue weighted by molar-refractivity contribution is -0.407. The molecule has 24 N–H and O–H groups in total. The van der Waals surface area contributed by atoms with Gasteiger partial charge in [-0.25, -0.2) is 0 Å². The molecule has 0 radical (unpaired) electrons. The van der Waals surface area contributed by atoms with Crippen LogP contribution in [0.5, 0.6) is 0 Å². The van der Waals surface area contributed by atoms with Gasteiger partial charge in [-0.05, 0) is 0 Å². The first-order valence-electron chi connectivity index (χ1n) is 26.5. The number of aliphatic hydroxyl groups is 22. The Labute approximate surface area is 475 Å². The Hall–Kier alpha value is -2.42. The van der Waals surface area contributed by atoms with E-state index in [0.29, 0.717) is 0 Å². The standard InChI is InChI=1S/C46H80N2O36/c1-11(56)47-13(3-49)22(59)36(14(58)4-50)80-41-21(48-12(2)57)28(65)37(19(9-55)78-41)81-44-35(72)38(27(64)20(79-44)10-73-42-33(70)29(66)23(60)15(5-51)74-42)82-45-40(32(69)26(63)17(7-53)76-45)84-46-39(31(68)25(62)18(8-54)77-46)83-43-34(71)30(67)24(61)16(6-52)75-43/h13-46,49-55,58-72H,3-10H2,1-2H3,(H,47,56)(H,48,57)/t13-,14+,15+,16+,17+,18+,19+,20+,21+,22+,23+,24+,25+,26+,27+,28+,29-,30-,31-,32-,33-,34-,35-,36+,37+,38-,39-,40-,41-,42-,43+,44-,45+,46+/m0/s1. The number of carbonyl (C=O) groups excluding carboxylic acids is 2. The molecule has 6 aliphatic rings. The molecule has 490 valence electrons. The molecule has 0 unspecified atom stereocenters. The maximum Gasteiger partial charge on any atom is 0.217 e. The van der Waals surface area contributed by atoms with Crippen molar-refractivity contribution in [2.24, 2.45) is 0 Å². The molecular weight excluding hydrogens is 1160 g/mol. The van der Waals surface area contributed by atoms with Gasteiger partial charge in [0.15, 0.2) is 37.7 Å². The molecule has 2 amide bonds. The Kier molecular flexibility index (Phi) is 26.4. The van der Waals surface area contributed by atoms with E-state index in [1.165, 1.54) is 0 Å². The number of carbonyl (C=O) groups is 2. The molecule has 0 saturated carbocycles. The molecule has 38 heteroatoms. The van der Waals surface area contributed by atoms with E-state index < -0.39 is 273 Å². The van der Waals surface area contributed by atoms with Crippen molar-refractivity contribution in [3.05, 3.63) is 0 Å². The van der Waals surface area contributed by atoms with E-state index in [9.17, 15) is 122 Å². The number of amides is 2. The quantitative estimate of drug-likeness (QED) is 0.0404. The molecule has 6 aliphatic heterocycles. The molecule has 0 aliphatic carbocycles. The highest BCUT2D eigenvalue weighted by molar-refractivity contribution is 5.73. The zero-order valence-corrected chi connectivity index (χ0v) is 44.8. The molecule has 38 nitrogen and oxygen atoms in total. The van der Waals surface area contributed by atoms with E-state index in [1.807, 2.05) is 0 Å². The van der Waals surface area contributed by atoms with E-state index >= 15 is 0 Å². The smallest absolute Gasteiger partial charge is 0.217 e. The number of aliphatic hydroxyl groups excluding tert-OH is 22. The molecule has 0 bridgehead atoms. The predicted octanol–water partition coefficient (Wildman–Crippen LogP) is -16.4. The Morgan fingerprint density at radius 1 is 0.405 bits per heavy atom. The summed E-state index contributed by atoms with van der Waals surface area (Å²) in [6.07, 6.45) is -66.1. The van der Waals surface area contributed by atoms with Crippen LogP contribution in [0, 0.1) is 0 Å². The van der Waals surface area contributed by atoms with Gasteiger partial charge in [-0.15, -0.1) is 0 Å². The predicted molar refractivity (Wildman–Crippen MR) is 257 cm³/mol. The van der Waals surface area contributed by atoms with Gasteiger partial charge in [0, 0.05) is 13.8 Å². The Morgan fingerprint density at radius 3 is 1.27 bits per heavy atom. The van der Waals surface area contributed by atoms with Gasteiger partial charge >= 0.3 is 0 Å². The minimum atomic E-state index is -2.45. The molecule has 84 heavy (non-hydrogen) atoms. The summed E-state index contributed by atoms with van der Waals surface area (Å²) in [5.74, 6) is -1.68. The van der Waals surface area contributed by atoms with Crippen molar-refractivity contribution in [1.29, 1.82) is 0 Å². The van der Waals surface area contributed by atoms with Crippen molar-refractivity contribution in [2.75, 3.05) is 52.9 Å². The number of ether oxygens (including phenoxy) is 12. The van der Waals surface area contributed by atoms with E-state index in [2.05, 4.69) is 10.6 Å². The van der Waals surface area contributed by atoms with Crippen LogP contribution in [0.3, 0.4) is 0 Å². The molecule has 34 atom stereocenters. The molecule has 0 spiro atoms. The first-order chi connectivity index (χ1) is 39.7. The summed E-state index contributed by atoms with van der Waals surface area (Å²) in [7, 11) is 0. The highest BCUT2D eigenvalue weighted by atomic mass is 16.8. The molecule has 0 aromatic rings. The SMILES string of the molecule is CC(=O)N[C@H]1[C@H](O[C@@H]([C@H](O)[C@H](CO)NC(C)=O)[C@H](O)CO)O[C@H](CO)[C@@H](O[C@@H]2O[C@H](CO[C@H]3O[C@H](CO)[C@@H](O)[C@H](O)[C@@H]3O)[C@@H](O)[C@H](O[C@H]3O[C@H](CO)[C@@H](O)[C@H](O)[C@@H]3O[C@H]3O[C@H](CO)[C@@H](O)[C@H](O)[C@@H]3O[C@H]3O[C@H](CO)[C@@H](O)[C@H](O)[C@@H]3O)[C@@H]2O)[C@@H]1O. The third kappa shape index (κ3) is 15.8. The lowest BCUT2D eigenvalue weighted by atomic mass is 9.94. The van der Waals surface area contributed by atoms with E-state index in [4.69, 9.17) is 56.8 Å². The van der Waals surface area contributed by atoms with Crippen molar-refractivity contribution in [2.45, 2.75) is 222 Å². The zero-order valence-electron chi connectivity index (χ0n) is 44.8. The lowest BCUT2D eigenvalue weighted by Crippen LogP contribution is -2.70. The summed E-state index contributed by atoms with van der Waals surface area (Å²) in [5, 5.41) is 241. The number of hydrogen-bond acceptors (Lipinski definition) is 36. The number of hydrogen-bond donors (Lipinski definition) is 24. The summed E-state index contributed by atoms with van der Waals surface area (Å²) >= 11 is 0. The maximum atomic E-state index is 12.7. The van der Waals surface area contributed by atoms with Crippen molar-refractivity contribution >= 4 is 11.8 Å². The van der Waals surface area contributed by atoms with E-state index in [0.717, 1.165) is 13.8 Å². The summed E-state index contributed by atoms with van der Waals surface area (Å²) in [6.45, 7) is -6.34. The van der Waals surface area contributed by atoms with Gasteiger partial charge in [-0.2, -0.15) is 0 Å². The Bertz CT molecular complexity index is 2010. The minimum absolute atomic E-state index is 0.768. The van der Waals surface area contributed by atoms with Gasteiger partial charge in [0.1, 0.15) is 165 Å². The second kappa shape index (κ2) is 31.4. The highest BCUT2D eigenvalue weighted by Gasteiger charge is 2.58. The summed E-state index contributed by atoms with van der Waals surface area (Å²) in [6, 6.07) is -3.45. The lowest BCUT2D eigenvalue weighted by Gasteiger charge is -2.50. The van der Waals surface area contributed by atoms with Crippen LogP contribution in [0.1, 0.15) is 13.8 Å². The molecule has 6 heterocycles. The fourth-order valence-electron chi connectivity index (χ4n) is 10.3. The first-order valence-corrected chi connectivity index (χ1v) is 26.5. The third-order valence-electron chi connectivity index (χ3n) is 15.0. The summed E-state index contributed by atoms with van der Waals surface area (Å²) in [5.41, 5.74) is 0. The van der Waals surface area contributed by atoms with Crippen LogP contribution in [-0.2, 0) is 66.4 Å². The minimum Gasteiger partial charge on any atom is -0.394 e. The number of rotatable bonds is 25. The van der Waals surface area contributed by atoms with Crippen LogP contribution in [0.25, 0.3) is 0 Å². The van der Waals surface area contributed by atoms with Crippen LogP contribution in [-0.4, -0.2) is 386 Å². The van der Waals surface area contributed by atoms with Gasteiger partial charge in [-0.1, -0.05) is 0 Å². The van der Waals surface area contributed by atoms with E-state index in [-0.39, 0.29) is 0 Å². The highest BCUT2D eigenvalue weighted by Crippen LogP contribution is 2.38. The summed E-state index contributed by atoms with van der Waals surface area (Å²) < 4.78 is 69.3. The molecule has 6 saturated heterocycles. The Morgan fingerprint density at radius 2 is 0.810 bits per heavy atom. The monoisotopic (exact) mass is 1240 g/mol. The first kappa shape index (κ1) is 70.7. The molecule has 0 aromatic carbocycles. The Balaban J connectivity index is 1.35. The molecular formula is C46H80N2O36.